The van der Waals surface area contributed by atoms with Gasteiger partial charge in [-0.1, -0.05) is 12.1 Å². The van der Waals surface area contributed by atoms with Crippen LogP contribution >= 0.6 is 0 Å². The minimum absolute atomic E-state index is 0.0988. The number of rotatable bonds is 6. The van der Waals surface area contributed by atoms with Gasteiger partial charge in [-0.3, -0.25) is 9.59 Å². The average molecular weight is 368 g/mol. The Morgan fingerprint density at radius 1 is 1.11 bits per heavy atom. The van der Waals surface area contributed by atoms with E-state index in [-0.39, 0.29) is 11.8 Å². The van der Waals surface area contributed by atoms with Gasteiger partial charge < -0.3 is 19.3 Å². The molecule has 3 rings (SSSR count). The Labute approximate surface area is 159 Å². The molecule has 2 aromatic rings. The molecule has 0 unspecified atom stereocenters. The molecule has 1 saturated heterocycles. The highest BCUT2D eigenvalue weighted by atomic mass is 16.5. The third-order valence-corrected chi connectivity index (χ3v) is 4.69. The van der Waals surface area contributed by atoms with Crippen LogP contribution in [-0.2, 0) is 11.3 Å². The van der Waals surface area contributed by atoms with Gasteiger partial charge >= 0.3 is 0 Å². The summed E-state index contributed by atoms with van der Waals surface area (Å²) in [6, 6.07) is 12.8. The van der Waals surface area contributed by atoms with Gasteiger partial charge in [0.1, 0.15) is 0 Å². The molecule has 2 aromatic carbocycles. The van der Waals surface area contributed by atoms with Crippen molar-refractivity contribution in [1.82, 2.24) is 4.90 Å². The number of anilines is 1. The molecule has 1 aliphatic heterocycles. The number of hydrogen-bond acceptors (Lipinski definition) is 4. The molecule has 0 radical (unpaired) electrons. The second kappa shape index (κ2) is 8.12. The van der Waals surface area contributed by atoms with E-state index in [2.05, 4.69) is 0 Å². The molecule has 1 aliphatic rings. The van der Waals surface area contributed by atoms with Crippen molar-refractivity contribution in [2.24, 2.45) is 0 Å². The number of carbonyl (C=O) groups is 2. The van der Waals surface area contributed by atoms with Crippen molar-refractivity contribution in [2.45, 2.75) is 19.4 Å². The molecule has 0 spiro atoms. The molecule has 2 amide bonds. The molecule has 6 nitrogen and oxygen atoms in total. The minimum Gasteiger partial charge on any atom is -0.493 e. The highest BCUT2D eigenvalue weighted by molar-refractivity contribution is 5.99. The van der Waals surface area contributed by atoms with Crippen molar-refractivity contribution >= 4 is 17.5 Å². The third-order valence-electron chi connectivity index (χ3n) is 4.69. The Kier molecular flexibility index (Phi) is 5.64. The summed E-state index contributed by atoms with van der Waals surface area (Å²) < 4.78 is 10.6. The van der Waals surface area contributed by atoms with Gasteiger partial charge in [0.25, 0.3) is 5.91 Å². The first-order chi connectivity index (χ1) is 13.0. The standard InChI is InChI=1S/C21H24N2O4/c1-22(14-15-9-10-18(26-2)19(12-15)27-3)21(25)16-6-4-7-17(13-16)23-11-5-8-20(23)24/h4,6-7,9-10,12-13H,5,8,11,14H2,1-3H3. The zero-order chi connectivity index (χ0) is 19.4. The van der Waals surface area contributed by atoms with E-state index in [9.17, 15) is 9.59 Å². The molecule has 27 heavy (non-hydrogen) atoms. The van der Waals surface area contributed by atoms with E-state index >= 15 is 0 Å². The Morgan fingerprint density at radius 3 is 2.56 bits per heavy atom. The summed E-state index contributed by atoms with van der Waals surface area (Å²) in [4.78, 5) is 28.2. The van der Waals surface area contributed by atoms with Gasteiger partial charge in [0.15, 0.2) is 11.5 Å². The molecular formula is C21H24N2O4. The predicted molar refractivity (Wildman–Crippen MR) is 103 cm³/mol. The Hall–Kier alpha value is -3.02. The van der Waals surface area contributed by atoms with Crippen LogP contribution in [0.25, 0.3) is 0 Å². The number of nitrogens with zero attached hydrogens (tertiary/aromatic N) is 2. The fourth-order valence-electron chi connectivity index (χ4n) is 3.27. The van der Waals surface area contributed by atoms with Gasteiger partial charge in [0, 0.05) is 37.8 Å². The van der Waals surface area contributed by atoms with Gasteiger partial charge in [-0.15, -0.1) is 0 Å². The number of carbonyl (C=O) groups excluding carboxylic acids is 2. The van der Waals surface area contributed by atoms with Crippen LogP contribution in [0.5, 0.6) is 11.5 Å². The maximum absolute atomic E-state index is 12.8. The highest BCUT2D eigenvalue weighted by Gasteiger charge is 2.23. The maximum atomic E-state index is 12.8. The summed E-state index contributed by atoms with van der Waals surface area (Å²) in [5.41, 5.74) is 2.28. The van der Waals surface area contributed by atoms with E-state index < -0.39 is 0 Å². The molecular weight excluding hydrogens is 344 g/mol. The van der Waals surface area contributed by atoms with Gasteiger partial charge in [-0.2, -0.15) is 0 Å². The van der Waals surface area contributed by atoms with Crippen LogP contribution in [0.2, 0.25) is 0 Å². The van der Waals surface area contributed by atoms with E-state index in [4.69, 9.17) is 9.47 Å². The van der Waals surface area contributed by atoms with E-state index in [0.29, 0.717) is 36.6 Å². The largest absolute Gasteiger partial charge is 0.493 e. The van der Waals surface area contributed by atoms with Crippen LogP contribution in [0.15, 0.2) is 42.5 Å². The second-order valence-electron chi connectivity index (χ2n) is 6.55. The maximum Gasteiger partial charge on any atom is 0.253 e. The summed E-state index contributed by atoms with van der Waals surface area (Å²) in [5, 5.41) is 0. The molecule has 6 heteroatoms. The molecule has 1 fully saturated rings. The fourth-order valence-corrected chi connectivity index (χ4v) is 3.27. The molecule has 0 N–H and O–H groups in total. The second-order valence-corrected chi connectivity index (χ2v) is 6.55. The first kappa shape index (κ1) is 18.8. The van der Waals surface area contributed by atoms with Gasteiger partial charge in [-0.05, 0) is 42.3 Å². The first-order valence-corrected chi connectivity index (χ1v) is 8.90. The minimum atomic E-state index is -0.0988. The zero-order valence-electron chi connectivity index (χ0n) is 15.9. The Bertz CT molecular complexity index is 850. The summed E-state index contributed by atoms with van der Waals surface area (Å²) in [6.45, 7) is 1.14. The van der Waals surface area contributed by atoms with Gasteiger partial charge in [0.05, 0.1) is 14.2 Å². The molecule has 142 valence electrons. The smallest absolute Gasteiger partial charge is 0.253 e. The van der Waals surface area contributed by atoms with Gasteiger partial charge in [0.2, 0.25) is 5.91 Å². The number of benzene rings is 2. The number of hydrogen-bond donors (Lipinski definition) is 0. The quantitative estimate of drug-likeness (QED) is 0.786. The zero-order valence-corrected chi connectivity index (χ0v) is 15.9. The van der Waals surface area contributed by atoms with Crippen molar-refractivity contribution in [1.29, 1.82) is 0 Å². The van der Waals surface area contributed by atoms with Crippen molar-refractivity contribution in [2.75, 3.05) is 32.7 Å². The topological polar surface area (TPSA) is 59.1 Å². The lowest BCUT2D eigenvalue weighted by atomic mass is 10.1. The van der Waals surface area contributed by atoms with Crippen LogP contribution in [0.1, 0.15) is 28.8 Å². The SMILES string of the molecule is COc1ccc(CN(C)C(=O)c2cccc(N3CCCC3=O)c2)cc1OC. The van der Waals surface area contributed by atoms with Crippen LogP contribution in [0, 0.1) is 0 Å². The predicted octanol–water partition coefficient (Wildman–Crippen LogP) is 3.10. The summed E-state index contributed by atoms with van der Waals surface area (Å²) >= 11 is 0. The van der Waals surface area contributed by atoms with Crippen molar-refractivity contribution in [3.63, 3.8) is 0 Å². The molecule has 0 bridgehead atoms. The van der Waals surface area contributed by atoms with E-state index in [1.54, 1.807) is 43.2 Å². The number of ether oxygens (including phenoxy) is 2. The lowest BCUT2D eigenvalue weighted by molar-refractivity contribution is -0.117. The van der Waals surface area contributed by atoms with Crippen LogP contribution in [0.4, 0.5) is 5.69 Å². The highest BCUT2D eigenvalue weighted by Crippen LogP contribution is 2.28. The van der Waals surface area contributed by atoms with E-state index in [0.717, 1.165) is 17.7 Å². The monoisotopic (exact) mass is 368 g/mol. The molecule has 0 aliphatic carbocycles. The van der Waals surface area contributed by atoms with Crippen molar-refractivity contribution < 1.29 is 19.1 Å². The van der Waals surface area contributed by atoms with E-state index in [1.165, 1.54) is 0 Å². The molecule has 0 atom stereocenters. The Balaban J connectivity index is 1.75. The average Bonchev–Trinajstić information content (AvgIpc) is 3.13. The van der Waals surface area contributed by atoms with Gasteiger partial charge in [-0.25, -0.2) is 0 Å². The normalized spacial score (nSPS) is 13.6. The summed E-state index contributed by atoms with van der Waals surface area (Å²) in [6.07, 6.45) is 1.42. The van der Waals surface area contributed by atoms with E-state index in [1.807, 2.05) is 30.3 Å². The first-order valence-electron chi connectivity index (χ1n) is 8.90. The molecule has 0 aromatic heterocycles. The fraction of sp³-hybridized carbons (Fsp3) is 0.333. The number of amides is 2. The van der Waals surface area contributed by atoms with Crippen molar-refractivity contribution in [3.05, 3.63) is 53.6 Å². The third kappa shape index (κ3) is 4.05. The molecule has 0 saturated carbocycles. The Morgan fingerprint density at radius 2 is 1.89 bits per heavy atom. The summed E-state index contributed by atoms with van der Waals surface area (Å²) in [7, 11) is 4.93. The van der Waals surface area contributed by atoms with Crippen LogP contribution < -0.4 is 14.4 Å². The summed E-state index contributed by atoms with van der Waals surface area (Å²) in [5.74, 6) is 1.29. The van der Waals surface area contributed by atoms with Crippen LogP contribution in [-0.4, -0.2) is 44.5 Å². The lowest BCUT2D eigenvalue weighted by Gasteiger charge is -2.20. The number of methoxy groups -OCH3 is 2. The van der Waals surface area contributed by atoms with Crippen molar-refractivity contribution in [3.8, 4) is 11.5 Å². The van der Waals surface area contributed by atoms with Crippen LogP contribution in [0.3, 0.4) is 0 Å². The molecule has 1 heterocycles. The lowest BCUT2D eigenvalue weighted by Crippen LogP contribution is -2.27.